The number of hydrogen-bond donors (Lipinski definition) is 0. The van der Waals surface area contributed by atoms with Crippen molar-refractivity contribution in [2.75, 3.05) is 0 Å². The first-order valence-corrected chi connectivity index (χ1v) is 14.8. The Morgan fingerprint density at radius 2 is 1.19 bits per heavy atom. The fraction of sp³-hybridized carbons (Fsp3) is 0.179. The zero-order valence-electron chi connectivity index (χ0n) is 25.5. The molecular formula is C39H37N3O. The lowest BCUT2D eigenvalue weighted by atomic mass is 9.66. The van der Waals surface area contributed by atoms with Gasteiger partial charge < -0.3 is 4.74 Å². The fourth-order valence-electron chi connectivity index (χ4n) is 5.92. The maximum Gasteiger partial charge on any atom is 0.129 e. The van der Waals surface area contributed by atoms with Crippen LogP contribution in [0.3, 0.4) is 0 Å². The second-order valence-corrected chi connectivity index (χ2v) is 12.1. The molecule has 0 spiro atoms. The van der Waals surface area contributed by atoms with E-state index in [0.717, 1.165) is 51.0 Å². The Bertz CT molecular complexity index is 1810. The summed E-state index contributed by atoms with van der Waals surface area (Å²) >= 11 is 0. The molecule has 0 aliphatic carbocycles. The minimum atomic E-state index is -0.672. The minimum absolute atomic E-state index is 0.0295. The molecule has 6 aromatic rings. The van der Waals surface area contributed by atoms with Gasteiger partial charge in [0.15, 0.2) is 0 Å². The third-order valence-corrected chi connectivity index (χ3v) is 8.00. The highest BCUT2D eigenvalue weighted by molar-refractivity contribution is 5.59. The number of nitrogens with zero attached hydrogens (tertiary/aromatic N) is 3. The van der Waals surface area contributed by atoms with E-state index in [-0.39, 0.29) is 5.41 Å². The highest BCUT2D eigenvalue weighted by atomic mass is 16.5. The number of aryl methyl sites for hydroxylation is 2. The summed E-state index contributed by atoms with van der Waals surface area (Å²) in [7, 11) is 0. The number of pyridine rings is 1. The third-order valence-electron chi connectivity index (χ3n) is 8.00. The van der Waals surface area contributed by atoms with Crippen molar-refractivity contribution in [3.8, 4) is 17.2 Å². The Balaban J connectivity index is 1.52. The van der Waals surface area contributed by atoms with Crippen molar-refractivity contribution in [2.24, 2.45) is 0 Å². The van der Waals surface area contributed by atoms with Crippen LogP contribution in [0.1, 0.15) is 60.1 Å². The molecule has 0 atom stereocenters. The molecule has 0 bridgehead atoms. The zero-order chi connectivity index (χ0) is 30.0. The Labute approximate surface area is 254 Å². The van der Waals surface area contributed by atoms with Crippen LogP contribution in [0.2, 0.25) is 0 Å². The van der Waals surface area contributed by atoms with Crippen molar-refractivity contribution >= 4 is 0 Å². The Kier molecular flexibility index (Phi) is 7.45. The molecule has 214 valence electrons. The predicted molar refractivity (Wildman–Crippen MR) is 174 cm³/mol. The highest BCUT2D eigenvalue weighted by Crippen LogP contribution is 2.46. The van der Waals surface area contributed by atoms with E-state index in [0.29, 0.717) is 0 Å². The van der Waals surface area contributed by atoms with Crippen molar-refractivity contribution in [1.29, 1.82) is 0 Å². The van der Waals surface area contributed by atoms with Gasteiger partial charge in [0.05, 0.1) is 22.5 Å². The standard InChI is InChI=1S/C39H37N3O/c1-28-24-29(2)42(41-28)34-19-13-21-36(27-34)43-35-20-12-18-33(25-35)39(30-14-8-6-9-15-30,31-16-10-7-11-17-31)37-26-32(22-23-40-37)38(3,4)5/h6-27H,1-5H3. The number of aromatic nitrogens is 3. The van der Waals surface area contributed by atoms with Crippen LogP contribution in [-0.4, -0.2) is 14.8 Å². The smallest absolute Gasteiger partial charge is 0.129 e. The Morgan fingerprint density at radius 1 is 0.581 bits per heavy atom. The summed E-state index contributed by atoms with van der Waals surface area (Å²) in [4.78, 5) is 5.07. The van der Waals surface area contributed by atoms with Gasteiger partial charge in [-0.3, -0.25) is 4.98 Å². The first-order chi connectivity index (χ1) is 20.7. The molecule has 0 N–H and O–H groups in total. The van der Waals surface area contributed by atoms with Crippen LogP contribution in [0.5, 0.6) is 11.5 Å². The Hall–Kier alpha value is -4.96. The van der Waals surface area contributed by atoms with Crippen molar-refractivity contribution in [3.05, 3.63) is 173 Å². The van der Waals surface area contributed by atoms with E-state index in [2.05, 4.69) is 130 Å². The summed E-state index contributed by atoms with van der Waals surface area (Å²) in [5.74, 6) is 1.51. The van der Waals surface area contributed by atoms with Gasteiger partial charge in [-0.05, 0) is 84.0 Å². The van der Waals surface area contributed by atoms with Gasteiger partial charge in [-0.1, -0.05) is 99.6 Å². The second kappa shape index (κ2) is 11.4. The molecule has 4 aromatic carbocycles. The number of rotatable bonds is 7. The maximum absolute atomic E-state index is 6.55. The first-order valence-electron chi connectivity index (χ1n) is 14.8. The third kappa shape index (κ3) is 5.49. The van der Waals surface area contributed by atoms with Gasteiger partial charge in [0.2, 0.25) is 0 Å². The van der Waals surface area contributed by atoms with E-state index < -0.39 is 5.41 Å². The SMILES string of the molecule is Cc1cc(C)n(-c2cccc(Oc3cccc(C(c4ccccc4)(c4ccccc4)c4cc(C(C)(C)C)ccn4)c3)c2)n1. The van der Waals surface area contributed by atoms with Gasteiger partial charge in [-0.25, -0.2) is 4.68 Å². The average molecular weight is 564 g/mol. The van der Waals surface area contributed by atoms with E-state index in [4.69, 9.17) is 9.72 Å². The van der Waals surface area contributed by atoms with Crippen molar-refractivity contribution in [3.63, 3.8) is 0 Å². The van der Waals surface area contributed by atoms with Gasteiger partial charge in [-0.15, -0.1) is 0 Å². The van der Waals surface area contributed by atoms with Crippen LogP contribution in [0.15, 0.2) is 134 Å². The van der Waals surface area contributed by atoms with Gasteiger partial charge in [0.1, 0.15) is 11.5 Å². The van der Waals surface area contributed by atoms with Crippen LogP contribution in [-0.2, 0) is 10.8 Å². The van der Waals surface area contributed by atoms with Crippen LogP contribution < -0.4 is 4.74 Å². The first kappa shape index (κ1) is 28.2. The number of benzene rings is 4. The molecule has 0 unspecified atom stereocenters. The molecule has 0 aliphatic rings. The zero-order valence-corrected chi connectivity index (χ0v) is 25.5. The van der Waals surface area contributed by atoms with Crippen LogP contribution in [0, 0.1) is 13.8 Å². The predicted octanol–water partition coefficient (Wildman–Crippen LogP) is 9.36. The monoisotopic (exact) mass is 563 g/mol. The summed E-state index contributed by atoms with van der Waals surface area (Å²) in [6.07, 6.45) is 1.95. The van der Waals surface area contributed by atoms with E-state index in [1.165, 1.54) is 5.56 Å². The molecule has 43 heavy (non-hydrogen) atoms. The van der Waals surface area contributed by atoms with Crippen LogP contribution in [0.25, 0.3) is 5.69 Å². The quantitative estimate of drug-likeness (QED) is 0.182. The summed E-state index contributed by atoms with van der Waals surface area (Å²) in [5.41, 5.74) is 7.90. The summed E-state index contributed by atoms with van der Waals surface area (Å²) in [6, 6.07) is 44.3. The molecule has 0 aliphatic heterocycles. The highest BCUT2D eigenvalue weighted by Gasteiger charge is 2.40. The lowest BCUT2D eigenvalue weighted by Crippen LogP contribution is -2.32. The lowest BCUT2D eigenvalue weighted by Gasteiger charge is -2.36. The topological polar surface area (TPSA) is 39.9 Å². The van der Waals surface area contributed by atoms with Crippen molar-refractivity contribution in [1.82, 2.24) is 14.8 Å². The van der Waals surface area contributed by atoms with Crippen LogP contribution in [0.4, 0.5) is 0 Å². The van der Waals surface area contributed by atoms with Gasteiger partial charge in [-0.2, -0.15) is 5.10 Å². The molecule has 2 heterocycles. The lowest BCUT2D eigenvalue weighted by molar-refractivity contribution is 0.480. The molecule has 0 fully saturated rings. The normalized spacial score (nSPS) is 11.8. The fourth-order valence-corrected chi connectivity index (χ4v) is 5.92. The molecule has 6 rings (SSSR count). The molecule has 4 heteroatoms. The molecule has 0 saturated carbocycles. The maximum atomic E-state index is 6.55. The minimum Gasteiger partial charge on any atom is -0.457 e. The van der Waals surface area contributed by atoms with Crippen molar-refractivity contribution < 1.29 is 4.74 Å². The molecule has 0 radical (unpaired) electrons. The van der Waals surface area contributed by atoms with E-state index >= 15 is 0 Å². The second-order valence-electron chi connectivity index (χ2n) is 12.1. The molecular weight excluding hydrogens is 526 g/mol. The molecule has 4 nitrogen and oxygen atoms in total. The van der Waals surface area contributed by atoms with Crippen molar-refractivity contribution in [2.45, 2.75) is 45.4 Å². The molecule has 2 aromatic heterocycles. The van der Waals surface area contributed by atoms with Gasteiger partial charge >= 0.3 is 0 Å². The van der Waals surface area contributed by atoms with E-state index in [9.17, 15) is 0 Å². The largest absolute Gasteiger partial charge is 0.457 e. The van der Waals surface area contributed by atoms with Gasteiger partial charge in [0, 0.05) is 18.0 Å². The number of ether oxygens (including phenoxy) is 1. The summed E-state index contributed by atoms with van der Waals surface area (Å²) < 4.78 is 8.49. The van der Waals surface area contributed by atoms with E-state index in [1.807, 2.05) is 48.1 Å². The summed E-state index contributed by atoms with van der Waals surface area (Å²) in [5, 5.41) is 4.65. The van der Waals surface area contributed by atoms with E-state index in [1.54, 1.807) is 0 Å². The van der Waals surface area contributed by atoms with Crippen LogP contribution >= 0.6 is 0 Å². The number of hydrogen-bond acceptors (Lipinski definition) is 3. The van der Waals surface area contributed by atoms with Gasteiger partial charge in [0.25, 0.3) is 0 Å². The average Bonchev–Trinajstić information content (AvgIpc) is 3.36. The molecule has 0 saturated heterocycles. The molecule has 0 amide bonds. The summed E-state index contributed by atoms with van der Waals surface area (Å²) in [6.45, 7) is 10.8. The Morgan fingerprint density at radius 3 is 1.79 bits per heavy atom.